The SMILES string of the molecule is CC(=O)OC1C2[C@H]3C[C@H]4C5=Nc6ccccc6[C@]51C[C@@H]2N4[C@@H](C)[C@@H]3C=O. The summed E-state index contributed by atoms with van der Waals surface area (Å²) in [7, 11) is 0. The minimum absolute atomic E-state index is 0.0235. The van der Waals surface area contributed by atoms with Crippen molar-refractivity contribution in [2.75, 3.05) is 0 Å². The van der Waals surface area contributed by atoms with Gasteiger partial charge in [-0.15, -0.1) is 0 Å². The van der Waals surface area contributed by atoms with Crippen molar-refractivity contribution in [1.82, 2.24) is 4.90 Å². The fraction of sp³-hybridized carbons (Fsp3) is 0.571. The Balaban J connectivity index is 1.61. The Hall–Kier alpha value is -2.01. The van der Waals surface area contributed by atoms with Gasteiger partial charge < -0.3 is 9.53 Å². The molecular weight excluding hydrogens is 328 g/mol. The number of esters is 1. The van der Waals surface area contributed by atoms with Crippen molar-refractivity contribution >= 4 is 23.7 Å². The third kappa shape index (κ3) is 1.44. The second-order valence-corrected chi connectivity index (χ2v) is 8.68. The van der Waals surface area contributed by atoms with Crippen LogP contribution in [0, 0.1) is 17.8 Å². The number of hydrogen-bond acceptors (Lipinski definition) is 5. The van der Waals surface area contributed by atoms with E-state index in [0.717, 1.165) is 24.8 Å². The maximum atomic E-state index is 12.0. The Morgan fingerprint density at radius 2 is 2.19 bits per heavy atom. The maximum absolute atomic E-state index is 12.0. The Labute approximate surface area is 152 Å². The van der Waals surface area contributed by atoms with Gasteiger partial charge in [0.05, 0.1) is 22.9 Å². The molecular formula is C21H22N2O3. The first-order valence-electron chi connectivity index (χ1n) is 9.66. The average molecular weight is 350 g/mol. The molecule has 4 saturated heterocycles. The predicted molar refractivity (Wildman–Crippen MR) is 95.4 cm³/mol. The van der Waals surface area contributed by atoms with Gasteiger partial charge in [0.25, 0.3) is 0 Å². The zero-order valence-corrected chi connectivity index (χ0v) is 15.0. The van der Waals surface area contributed by atoms with Crippen LogP contribution in [0.5, 0.6) is 0 Å². The molecule has 5 bridgehead atoms. The quantitative estimate of drug-likeness (QED) is 0.606. The van der Waals surface area contributed by atoms with E-state index in [1.165, 1.54) is 18.2 Å². The molecule has 0 amide bonds. The highest BCUT2D eigenvalue weighted by Crippen LogP contribution is 2.67. The molecule has 5 heterocycles. The third-order valence-electron chi connectivity index (χ3n) is 7.91. The lowest BCUT2D eigenvalue weighted by molar-refractivity contribution is -0.159. The third-order valence-corrected chi connectivity index (χ3v) is 7.91. The summed E-state index contributed by atoms with van der Waals surface area (Å²) in [6, 6.07) is 9.21. The molecule has 1 spiro atoms. The monoisotopic (exact) mass is 350 g/mol. The standard InChI is InChI=1S/C21H22N2O3/c1-10-13(9-24)12-7-16-19-21(14-5-3-4-6-15(14)22-19)8-17(23(10)16)18(12)20(21)26-11(2)25/h3-6,9-10,12-13,16-18,20H,7-8H2,1-2H3/t10-,12-,13-,16-,17-,18?,20?,21+/m0/s1. The molecule has 5 heteroatoms. The number of hydrogen-bond donors (Lipinski definition) is 0. The van der Waals surface area contributed by atoms with Gasteiger partial charge >= 0.3 is 5.97 Å². The van der Waals surface area contributed by atoms with Gasteiger partial charge in [0.1, 0.15) is 12.4 Å². The van der Waals surface area contributed by atoms with E-state index in [1.807, 2.05) is 6.07 Å². The van der Waals surface area contributed by atoms with Crippen LogP contribution in [0.2, 0.25) is 0 Å². The molecule has 3 unspecified atom stereocenters. The Morgan fingerprint density at radius 1 is 1.38 bits per heavy atom. The number of rotatable bonds is 2. The van der Waals surface area contributed by atoms with E-state index in [0.29, 0.717) is 6.04 Å². The van der Waals surface area contributed by atoms with Crippen molar-refractivity contribution in [1.29, 1.82) is 0 Å². The van der Waals surface area contributed by atoms with E-state index in [9.17, 15) is 9.59 Å². The van der Waals surface area contributed by atoms with Crippen molar-refractivity contribution in [2.24, 2.45) is 22.7 Å². The number of carbonyl (C=O) groups excluding carboxylic acids is 2. The first kappa shape index (κ1) is 15.1. The molecule has 1 aromatic rings. The van der Waals surface area contributed by atoms with Crippen LogP contribution < -0.4 is 0 Å². The topological polar surface area (TPSA) is 59.0 Å². The molecule has 6 aliphatic rings. The van der Waals surface area contributed by atoms with Gasteiger partial charge in [-0.25, -0.2) is 0 Å². The van der Waals surface area contributed by atoms with Crippen molar-refractivity contribution in [3.63, 3.8) is 0 Å². The summed E-state index contributed by atoms with van der Waals surface area (Å²) < 4.78 is 6.04. The fourth-order valence-electron chi connectivity index (χ4n) is 7.28. The van der Waals surface area contributed by atoms with Crippen LogP contribution in [0.3, 0.4) is 0 Å². The van der Waals surface area contributed by atoms with Gasteiger partial charge in [-0.2, -0.15) is 0 Å². The lowest BCUT2D eigenvalue weighted by Gasteiger charge is -2.60. The number of aliphatic imine (C=N–C) groups is 1. The highest BCUT2D eigenvalue weighted by atomic mass is 16.5. The van der Waals surface area contributed by atoms with Crippen LogP contribution in [-0.2, 0) is 19.7 Å². The lowest BCUT2D eigenvalue weighted by atomic mass is 9.62. The molecule has 1 saturated carbocycles. The minimum atomic E-state index is -0.287. The van der Waals surface area contributed by atoms with E-state index in [1.54, 1.807) is 0 Å². The number of para-hydroxylation sites is 1. The summed E-state index contributed by atoms with van der Waals surface area (Å²) in [5.41, 5.74) is 3.15. The average Bonchev–Trinajstić information content (AvgIpc) is 3.08. The maximum Gasteiger partial charge on any atom is 0.302 e. The van der Waals surface area contributed by atoms with Gasteiger partial charge in [-0.1, -0.05) is 18.2 Å². The second-order valence-electron chi connectivity index (χ2n) is 8.68. The van der Waals surface area contributed by atoms with E-state index < -0.39 is 0 Å². The zero-order chi connectivity index (χ0) is 17.8. The summed E-state index contributed by atoms with van der Waals surface area (Å²) in [4.78, 5) is 31.5. The van der Waals surface area contributed by atoms with Crippen LogP contribution >= 0.6 is 0 Å². The van der Waals surface area contributed by atoms with Crippen LogP contribution in [0.1, 0.15) is 32.3 Å². The smallest absolute Gasteiger partial charge is 0.302 e. The van der Waals surface area contributed by atoms with E-state index in [-0.39, 0.29) is 47.3 Å². The van der Waals surface area contributed by atoms with Crippen LogP contribution in [0.15, 0.2) is 29.3 Å². The van der Waals surface area contributed by atoms with E-state index >= 15 is 0 Å². The van der Waals surface area contributed by atoms with E-state index in [4.69, 9.17) is 9.73 Å². The van der Waals surface area contributed by atoms with Gasteiger partial charge in [-0.05, 0) is 37.3 Å². The highest BCUT2D eigenvalue weighted by Gasteiger charge is 2.75. The van der Waals surface area contributed by atoms with Crippen LogP contribution in [-0.4, -0.2) is 47.1 Å². The minimum Gasteiger partial charge on any atom is -0.461 e. The van der Waals surface area contributed by atoms with Crippen LogP contribution in [0.25, 0.3) is 0 Å². The lowest BCUT2D eigenvalue weighted by Crippen LogP contribution is -2.69. The van der Waals surface area contributed by atoms with Crippen LogP contribution in [0.4, 0.5) is 5.69 Å². The number of fused-ring (bicyclic) bond motifs is 2. The second kappa shape index (κ2) is 4.63. The van der Waals surface area contributed by atoms with Crippen molar-refractivity contribution < 1.29 is 14.3 Å². The fourth-order valence-corrected chi connectivity index (χ4v) is 7.28. The largest absolute Gasteiger partial charge is 0.461 e. The zero-order valence-electron chi connectivity index (χ0n) is 15.0. The number of nitrogens with zero attached hydrogens (tertiary/aromatic N) is 2. The van der Waals surface area contributed by atoms with E-state index in [2.05, 4.69) is 30.0 Å². The van der Waals surface area contributed by atoms with Gasteiger partial charge in [0.2, 0.25) is 0 Å². The molecule has 0 aromatic heterocycles. The molecule has 5 aliphatic heterocycles. The Morgan fingerprint density at radius 3 is 2.96 bits per heavy atom. The predicted octanol–water partition coefficient (Wildman–Crippen LogP) is 2.25. The van der Waals surface area contributed by atoms with Crippen molar-refractivity contribution in [3.05, 3.63) is 29.8 Å². The molecule has 134 valence electrons. The molecule has 1 aromatic carbocycles. The number of ether oxygens (including phenoxy) is 1. The number of benzene rings is 1. The summed E-state index contributed by atoms with van der Waals surface area (Å²) in [5.74, 6) is 0.299. The molecule has 7 rings (SSSR count). The molecule has 26 heavy (non-hydrogen) atoms. The molecule has 0 N–H and O–H groups in total. The van der Waals surface area contributed by atoms with Gasteiger partial charge in [0.15, 0.2) is 0 Å². The molecule has 9 atom stereocenters. The summed E-state index contributed by atoms with van der Waals surface area (Å²) in [6.07, 6.45) is 2.85. The summed E-state index contributed by atoms with van der Waals surface area (Å²) >= 11 is 0. The Kier molecular flexibility index (Phi) is 2.69. The molecule has 0 radical (unpaired) electrons. The first-order chi connectivity index (χ1) is 12.6. The summed E-state index contributed by atoms with van der Waals surface area (Å²) in [5, 5.41) is 0. The molecule has 5 nitrogen and oxygen atoms in total. The summed E-state index contributed by atoms with van der Waals surface area (Å²) in [6.45, 7) is 3.69. The van der Waals surface area contributed by atoms with Gasteiger partial charge in [-0.3, -0.25) is 14.7 Å². The number of carbonyl (C=O) groups is 2. The van der Waals surface area contributed by atoms with Gasteiger partial charge in [0, 0.05) is 30.8 Å². The first-order valence-corrected chi connectivity index (χ1v) is 9.66. The normalized spacial score (nSPS) is 48.8. The van der Waals surface area contributed by atoms with Crippen molar-refractivity contribution in [2.45, 2.75) is 56.3 Å². The number of aldehydes is 1. The molecule has 5 fully saturated rings. The highest BCUT2D eigenvalue weighted by molar-refractivity contribution is 6.08. The molecule has 1 aliphatic carbocycles. The Bertz CT molecular complexity index is 880. The van der Waals surface area contributed by atoms with Crippen molar-refractivity contribution in [3.8, 4) is 0 Å². The number of piperidine rings is 4.